The molecule has 0 aromatic heterocycles. The highest BCUT2D eigenvalue weighted by atomic mass is 32.1. The summed E-state index contributed by atoms with van der Waals surface area (Å²) in [7, 11) is 0. The molecule has 2 N–H and O–H groups in total. The van der Waals surface area contributed by atoms with E-state index in [4.69, 9.17) is 18.0 Å². The molecule has 2 unspecified atom stereocenters. The number of aryl methyl sites for hydroxylation is 1. The van der Waals surface area contributed by atoms with Crippen LogP contribution in [0.15, 0.2) is 24.3 Å². The van der Waals surface area contributed by atoms with E-state index in [2.05, 4.69) is 43.0 Å². The van der Waals surface area contributed by atoms with Gasteiger partial charge in [0.25, 0.3) is 0 Å². The van der Waals surface area contributed by atoms with Crippen LogP contribution in [-0.2, 0) is 0 Å². The second-order valence-electron chi connectivity index (χ2n) is 5.46. The Balaban J connectivity index is 2.25. The average molecular weight is 262 g/mol. The van der Waals surface area contributed by atoms with Crippen molar-refractivity contribution in [1.82, 2.24) is 4.90 Å². The quantitative estimate of drug-likeness (QED) is 0.849. The van der Waals surface area contributed by atoms with Crippen LogP contribution in [0, 0.1) is 12.8 Å². The molecule has 1 saturated heterocycles. The number of nitrogens with zero attached hydrogens (tertiary/aromatic N) is 1. The van der Waals surface area contributed by atoms with Crippen LogP contribution in [0.2, 0.25) is 0 Å². The van der Waals surface area contributed by atoms with Crippen molar-refractivity contribution in [3.63, 3.8) is 0 Å². The van der Waals surface area contributed by atoms with Crippen molar-refractivity contribution < 1.29 is 0 Å². The normalized spacial score (nSPS) is 22.7. The van der Waals surface area contributed by atoms with E-state index in [1.165, 1.54) is 24.0 Å². The molecule has 3 heteroatoms. The molecule has 0 amide bonds. The fourth-order valence-corrected chi connectivity index (χ4v) is 3.14. The Morgan fingerprint density at radius 1 is 1.50 bits per heavy atom. The lowest BCUT2D eigenvalue weighted by Crippen LogP contribution is -2.42. The van der Waals surface area contributed by atoms with E-state index in [0.717, 1.165) is 19.0 Å². The first-order valence-corrected chi connectivity index (χ1v) is 7.08. The third kappa shape index (κ3) is 3.09. The molecule has 1 heterocycles. The van der Waals surface area contributed by atoms with Crippen LogP contribution < -0.4 is 5.73 Å². The largest absolute Gasteiger partial charge is 0.392 e. The van der Waals surface area contributed by atoms with Crippen molar-refractivity contribution in [3.8, 4) is 0 Å². The molecule has 98 valence electrons. The molecule has 2 rings (SSSR count). The van der Waals surface area contributed by atoms with Crippen molar-refractivity contribution in [2.45, 2.75) is 32.7 Å². The number of rotatable bonds is 3. The minimum atomic E-state index is 0.0997. The smallest absolute Gasteiger partial charge is 0.0948 e. The molecule has 1 fully saturated rings. The molecule has 2 nitrogen and oxygen atoms in total. The molecule has 1 aromatic rings. The molecular weight excluding hydrogens is 240 g/mol. The standard InChI is InChI=1S/C15H22N2S/c1-11-5-3-7-13(9-11)14(15(16)18)17-8-4-6-12(2)10-17/h3,5,7,9,12,14H,4,6,8,10H2,1-2H3,(H2,16,18). The highest BCUT2D eigenvalue weighted by molar-refractivity contribution is 7.80. The Morgan fingerprint density at radius 2 is 2.28 bits per heavy atom. The lowest BCUT2D eigenvalue weighted by atomic mass is 9.95. The van der Waals surface area contributed by atoms with Gasteiger partial charge in [0, 0.05) is 6.54 Å². The molecule has 1 aliphatic heterocycles. The van der Waals surface area contributed by atoms with Gasteiger partial charge in [0.05, 0.1) is 11.0 Å². The number of thiocarbonyl (C=S) groups is 1. The summed E-state index contributed by atoms with van der Waals surface area (Å²) in [6.45, 7) is 6.61. The first kappa shape index (κ1) is 13.5. The van der Waals surface area contributed by atoms with Gasteiger partial charge in [0.15, 0.2) is 0 Å². The van der Waals surface area contributed by atoms with Crippen molar-refractivity contribution in [2.24, 2.45) is 11.7 Å². The van der Waals surface area contributed by atoms with E-state index in [1.54, 1.807) is 0 Å². The fraction of sp³-hybridized carbons (Fsp3) is 0.533. The van der Waals surface area contributed by atoms with Gasteiger partial charge in [-0.15, -0.1) is 0 Å². The SMILES string of the molecule is Cc1cccc(C(C(N)=S)N2CCCC(C)C2)c1. The van der Waals surface area contributed by atoms with Gasteiger partial charge in [0.2, 0.25) is 0 Å². The van der Waals surface area contributed by atoms with Gasteiger partial charge in [-0.05, 0) is 37.8 Å². The van der Waals surface area contributed by atoms with Crippen LogP contribution in [0.5, 0.6) is 0 Å². The van der Waals surface area contributed by atoms with Gasteiger partial charge in [-0.1, -0.05) is 49.0 Å². The molecule has 2 atom stereocenters. The molecule has 0 saturated carbocycles. The molecular formula is C15H22N2S. The summed E-state index contributed by atoms with van der Waals surface area (Å²) < 4.78 is 0. The molecule has 0 spiro atoms. The highest BCUT2D eigenvalue weighted by Crippen LogP contribution is 2.27. The highest BCUT2D eigenvalue weighted by Gasteiger charge is 2.26. The number of hydrogen-bond acceptors (Lipinski definition) is 2. The van der Waals surface area contributed by atoms with Crippen molar-refractivity contribution >= 4 is 17.2 Å². The Labute approximate surface area is 115 Å². The number of likely N-dealkylation sites (tertiary alicyclic amines) is 1. The molecule has 0 aliphatic carbocycles. The monoisotopic (exact) mass is 262 g/mol. The number of benzene rings is 1. The van der Waals surface area contributed by atoms with Gasteiger partial charge >= 0.3 is 0 Å². The van der Waals surface area contributed by atoms with Gasteiger partial charge in [-0.3, -0.25) is 4.90 Å². The molecule has 1 aliphatic rings. The van der Waals surface area contributed by atoms with Crippen molar-refractivity contribution in [3.05, 3.63) is 35.4 Å². The van der Waals surface area contributed by atoms with Crippen molar-refractivity contribution in [2.75, 3.05) is 13.1 Å². The van der Waals surface area contributed by atoms with Crippen LogP contribution in [-0.4, -0.2) is 23.0 Å². The minimum absolute atomic E-state index is 0.0997. The third-order valence-electron chi connectivity index (χ3n) is 3.68. The Kier molecular flexibility index (Phi) is 4.36. The summed E-state index contributed by atoms with van der Waals surface area (Å²) in [6, 6.07) is 8.63. The van der Waals surface area contributed by atoms with Crippen LogP contribution in [0.4, 0.5) is 0 Å². The maximum Gasteiger partial charge on any atom is 0.0948 e. The van der Waals surface area contributed by atoms with E-state index in [0.29, 0.717) is 4.99 Å². The molecule has 1 aromatic carbocycles. The van der Waals surface area contributed by atoms with Gasteiger partial charge < -0.3 is 5.73 Å². The second-order valence-corrected chi connectivity index (χ2v) is 5.93. The maximum absolute atomic E-state index is 5.98. The summed E-state index contributed by atoms with van der Waals surface area (Å²) in [6.07, 6.45) is 2.56. The predicted octanol–water partition coefficient (Wildman–Crippen LogP) is 3.05. The van der Waals surface area contributed by atoms with E-state index < -0.39 is 0 Å². The van der Waals surface area contributed by atoms with E-state index in [-0.39, 0.29) is 6.04 Å². The number of piperidine rings is 1. The van der Waals surface area contributed by atoms with E-state index >= 15 is 0 Å². The third-order valence-corrected chi connectivity index (χ3v) is 3.90. The van der Waals surface area contributed by atoms with Crippen molar-refractivity contribution in [1.29, 1.82) is 0 Å². The zero-order valence-corrected chi connectivity index (χ0v) is 12.0. The number of nitrogens with two attached hydrogens (primary N) is 1. The lowest BCUT2D eigenvalue weighted by molar-refractivity contribution is 0.162. The molecule has 0 bridgehead atoms. The summed E-state index contributed by atoms with van der Waals surface area (Å²) in [5, 5.41) is 0. The Hall–Kier alpha value is -0.930. The van der Waals surface area contributed by atoms with E-state index in [1.807, 2.05) is 0 Å². The van der Waals surface area contributed by atoms with Crippen LogP contribution in [0.1, 0.15) is 36.9 Å². The summed E-state index contributed by atoms with van der Waals surface area (Å²) in [5.74, 6) is 0.736. The van der Waals surface area contributed by atoms with E-state index in [9.17, 15) is 0 Å². The van der Waals surface area contributed by atoms with Crippen LogP contribution >= 0.6 is 12.2 Å². The summed E-state index contributed by atoms with van der Waals surface area (Å²) >= 11 is 5.30. The van der Waals surface area contributed by atoms with Gasteiger partial charge in [-0.2, -0.15) is 0 Å². The lowest BCUT2D eigenvalue weighted by Gasteiger charge is -2.37. The maximum atomic E-state index is 5.98. The van der Waals surface area contributed by atoms with Crippen LogP contribution in [0.25, 0.3) is 0 Å². The summed E-state index contributed by atoms with van der Waals surface area (Å²) in [4.78, 5) is 3.03. The average Bonchev–Trinajstić information content (AvgIpc) is 2.28. The first-order valence-electron chi connectivity index (χ1n) is 6.68. The van der Waals surface area contributed by atoms with Gasteiger partial charge in [-0.25, -0.2) is 0 Å². The zero-order valence-electron chi connectivity index (χ0n) is 11.2. The minimum Gasteiger partial charge on any atom is -0.392 e. The fourth-order valence-electron chi connectivity index (χ4n) is 2.86. The topological polar surface area (TPSA) is 29.3 Å². The molecule has 18 heavy (non-hydrogen) atoms. The zero-order chi connectivity index (χ0) is 13.1. The Morgan fingerprint density at radius 3 is 2.89 bits per heavy atom. The second kappa shape index (κ2) is 5.81. The number of hydrogen-bond donors (Lipinski definition) is 1. The predicted molar refractivity (Wildman–Crippen MR) is 80.7 cm³/mol. The molecule has 0 radical (unpaired) electrons. The first-order chi connectivity index (χ1) is 8.58. The van der Waals surface area contributed by atoms with Gasteiger partial charge in [0.1, 0.15) is 0 Å². The van der Waals surface area contributed by atoms with Crippen LogP contribution in [0.3, 0.4) is 0 Å². The summed E-state index contributed by atoms with van der Waals surface area (Å²) in [5.41, 5.74) is 8.48. The Bertz CT molecular complexity index is 430.